The highest BCUT2D eigenvalue weighted by Gasteiger charge is 2.48. The summed E-state index contributed by atoms with van der Waals surface area (Å²) in [5, 5.41) is 68.1. The first kappa shape index (κ1) is 26.1. The Morgan fingerprint density at radius 3 is 2.18 bits per heavy atom. The second-order valence-corrected chi connectivity index (χ2v) is 12.5. The molecule has 0 amide bonds. The SMILES string of the molecule is OCC1O[C@@H](S[C@@H]2CCCC(n3cc(-c4ccsc4)nn3)C2O)[C@@H](O)C(n2cc(-c3ccsc3)nn2)[C@H]1O. The Balaban J connectivity index is 1.19. The summed E-state index contributed by atoms with van der Waals surface area (Å²) in [6.45, 7) is -0.423. The van der Waals surface area contributed by atoms with Gasteiger partial charge in [-0.3, -0.25) is 0 Å². The molecular weight excluding hydrogens is 549 g/mol. The number of nitrogens with zero attached hydrogens (tertiary/aromatic N) is 6. The molecule has 14 heteroatoms. The van der Waals surface area contributed by atoms with Crippen LogP contribution in [0.25, 0.3) is 22.5 Å². The maximum atomic E-state index is 11.3. The molecule has 6 rings (SSSR count). The van der Waals surface area contributed by atoms with Crippen LogP contribution in [0.2, 0.25) is 0 Å². The molecule has 4 N–H and O–H groups in total. The van der Waals surface area contributed by atoms with Crippen molar-refractivity contribution in [3.8, 4) is 22.5 Å². The first-order valence-electron chi connectivity index (χ1n) is 12.4. The van der Waals surface area contributed by atoms with Crippen LogP contribution in [-0.4, -0.2) is 92.1 Å². The molecule has 0 radical (unpaired) electrons. The molecule has 4 aromatic heterocycles. The first-order chi connectivity index (χ1) is 18.5. The second kappa shape index (κ2) is 11.1. The molecular formula is C24H28N6O5S3. The molecule has 4 unspecified atom stereocenters. The number of aliphatic hydroxyl groups excluding tert-OH is 4. The van der Waals surface area contributed by atoms with Gasteiger partial charge in [-0.1, -0.05) is 16.8 Å². The standard InChI is InChI=1S/C24H28N6O5S3/c31-10-18-22(33)20(30-9-16(26-28-30)14-5-7-37-12-14)23(34)24(35-18)38-19-3-1-2-17(21(19)32)29-8-15(25-27-29)13-4-6-36-11-13/h4-9,11-12,17-24,31-34H,1-3,10H2/t17?,18?,19-,20?,21?,22+,23+,24+/m1/s1. The number of thioether (sulfide) groups is 1. The molecule has 11 nitrogen and oxygen atoms in total. The molecule has 1 aliphatic carbocycles. The fourth-order valence-corrected chi connectivity index (χ4v) is 7.98. The van der Waals surface area contributed by atoms with E-state index in [0.717, 1.165) is 36.1 Å². The molecule has 0 spiro atoms. The molecule has 0 aromatic carbocycles. The number of hydrogen-bond acceptors (Lipinski definition) is 12. The van der Waals surface area contributed by atoms with E-state index in [4.69, 9.17) is 4.74 Å². The van der Waals surface area contributed by atoms with E-state index in [9.17, 15) is 20.4 Å². The Bertz CT molecular complexity index is 1310. The van der Waals surface area contributed by atoms with E-state index >= 15 is 0 Å². The molecule has 0 bridgehead atoms. The van der Waals surface area contributed by atoms with Crippen molar-refractivity contribution in [3.05, 3.63) is 46.0 Å². The highest BCUT2D eigenvalue weighted by Crippen LogP contribution is 2.42. The van der Waals surface area contributed by atoms with Gasteiger partial charge in [0.15, 0.2) is 0 Å². The average Bonchev–Trinajstić information content (AvgIpc) is 3.74. The molecule has 8 atom stereocenters. The van der Waals surface area contributed by atoms with Gasteiger partial charge in [0.05, 0.1) is 31.1 Å². The summed E-state index contributed by atoms with van der Waals surface area (Å²) >= 11 is 4.45. The minimum absolute atomic E-state index is 0.255. The number of rotatable bonds is 7. The van der Waals surface area contributed by atoms with Crippen molar-refractivity contribution < 1.29 is 25.2 Å². The summed E-state index contributed by atoms with van der Waals surface area (Å²) in [7, 11) is 0. The number of ether oxygens (including phenoxy) is 1. The maximum Gasteiger partial charge on any atom is 0.132 e. The topological polar surface area (TPSA) is 152 Å². The zero-order valence-electron chi connectivity index (χ0n) is 20.2. The molecule has 4 aromatic rings. The summed E-state index contributed by atoms with van der Waals surface area (Å²) in [4.78, 5) is 0. The Labute approximate surface area is 230 Å². The molecule has 2 fully saturated rings. The van der Waals surface area contributed by atoms with Crippen molar-refractivity contribution >= 4 is 34.4 Å². The minimum Gasteiger partial charge on any atom is -0.394 e. The van der Waals surface area contributed by atoms with Crippen LogP contribution in [0.3, 0.4) is 0 Å². The van der Waals surface area contributed by atoms with Gasteiger partial charge in [-0.05, 0) is 35.7 Å². The molecule has 38 heavy (non-hydrogen) atoms. The Hall–Kier alpha value is -2.17. The van der Waals surface area contributed by atoms with Crippen LogP contribution in [0, 0.1) is 0 Å². The van der Waals surface area contributed by atoms with E-state index in [1.807, 2.05) is 39.8 Å². The van der Waals surface area contributed by atoms with E-state index in [1.165, 1.54) is 27.8 Å². The Morgan fingerprint density at radius 2 is 1.55 bits per heavy atom. The van der Waals surface area contributed by atoms with Crippen molar-refractivity contribution in [2.45, 2.75) is 66.4 Å². The molecule has 1 saturated carbocycles. The maximum absolute atomic E-state index is 11.3. The van der Waals surface area contributed by atoms with Crippen LogP contribution in [0.15, 0.2) is 46.0 Å². The highest BCUT2D eigenvalue weighted by atomic mass is 32.2. The van der Waals surface area contributed by atoms with Crippen LogP contribution in [0.1, 0.15) is 31.3 Å². The third-order valence-electron chi connectivity index (χ3n) is 7.22. The fourth-order valence-electron chi connectivity index (χ4n) is 5.17. The lowest BCUT2D eigenvalue weighted by molar-refractivity contribution is -0.178. The van der Waals surface area contributed by atoms with Crippen LogP contribution in [-0.2, 0) is 4.74 Å². The van der Waals surface area contributed by atoms with Crippen LogP contribution >= 0.6 is 34.4 Å². The summed E-state index contributed by atoms with van der Waals surface area (Å²) in [5.74, 6) is 0. The predicted octanol–water partition coefficient (Wildman–Crippen LogP) is 2.19. The lowest BCUT2D eigenvalue weighted by Gasteiger charge is -2.44. The van der Waals surface area contributed by atoms with Crippen LogP contribution < -0.4 is 0 Å². The third-order valence-corrected chi connectivity index (χ3v) is 10.1. The summed E-state index contributed by atoms with van der Waals surface area (Å²) in [5.41, 5.74) is 2.48. The molecule has 202 valence electrons. The van der Waals surface area contributed by atoms with Gasteiger partial charge in [0, 0.05) is 27.1 Å². The van der Waals surface area contributed by atoms with Crippen LogP contribution in [0.4, 0.5) is 0 Å². The normalized spacial score (nSPS) is 32.0. The van der Waals surface area contributed by atoms with Crippen molar-refractivity contribution in [2.75, 3.05) is 6.61 Å². The molecule has 1 saturated heterocycles. The van der Waals surface area contributed by atoms with E-state index < -0.39 is 42.5 Å². The van der Waals surface area contributed by atoms with Gasteiger partial charge < -0.3 is 25.2 Å². The van der Waals surface area contributed by atoms with Crippen molar-refractivity contribution in [2.24, 2.45) is 0 Å². The summed E-state index contributed by atoms with van der Waals surface area (Å²) in [6.07, 6.45) is 1.86. The van der Waals surface area contributed by atoms with Crippen LogP contribution in [0.5, 0.6) is 0 Å². The number of hydrogen-bond donors (Lipinski definition) is 4. The second-order valence-electron chi connectivity index (χ2n) is 9.55. The monoisotopic (exact) mass is 576 g/mol. The zero-order valence-corrected chi connectivity index (χ0v) is 22.6. The molecule has 1 aliphatic heterocycles. The number of thiophene rings is 2. The zero-order chi connectivity index (χ0) is 26.2. The largest absolute Gasteiger partial charge is 0.394 e. The van der Waals surface area contributed by atoms with E-state index in [0.29, 0.717) is 5.69 Å². The summed E-state index contributed by atoms with van der Waals surface area (Å²) in [6, 6.07) is 2.76. The van der Waals surface area contributed by atoms with Gasteiger partial charge >= 0.3 is 0 Å². The fraction of sp³-hybridized carbons (Fsp3) is 0.500. The van der Waals surface area contributed by atoms with E-state index in [-0.39, 0.29) is 11.3 Å². The van der Waals surface area contributed by atoms with Gasteiger partial charge in [0.2, 0.25) is 0 Å². The Morgan fingerprint density at radius 1 is 0.895 bits per heavy atom. The van der Waals surface area contributed by atoms with Gasteiger partial charge in [-0.2, -0.15) is 22.7 Å². The van der Waals surface area contributed by atoms with E-state index in [2.05, 4.69) is 20.6 Å². The van der Waals surface area contributed by atoms with Crippen molar-refractivity contribution in [1.29, 1.82) is 0 Å². The van der Waals surface area contributed by atoms with Crippen molar-refractivity contribution in [3.63, 3.8) is 0 Å². The quantitative estimate of drug-likeness (QED) is 0.258. The third kappa shape index (κ3) is 4.95. The van der Waals surface area contributed by atoms with E-state index in [1.54, 1.807) is 22.2 Å². The smallest absolute Gasteiger partial charge is 0.132 e. The van der Waals surface area contributed by atoms with Gasteiger partial charge in [0.1, 0.15) is 41.2 Å². The van der Waals surface area contributed by atoms with Gasteiger partial charge in [-0.25, -0.2) is 9.36 Å². The number of aromatic nitrogens is 6. The molecule has 2 aliphatic rings. The predicted molar refractivity (Wildman–Crippen MR) is 144 cm³/mol. The average molecular weight is 577 g/mol. The highest BCUT2D eigenvalue weighted by molar-refractivity contribution is 8.00. The first-order valence-corrected chi connectivity index (χ1v) is 15.2. The Kier molecular flexibility index (Phi) is 7.64. The lowest BCUT2D eigenvalue weighted by Crippen LogP contribution is -2.55. The number of aliphatic hydroxyl groups is 4. The lowest BCUT2D eigenvalue weighted by atomic mass is 9.92. The molecule has 5 heterocycles. The summed E-state index contributed by atoms with van der Waals surface area (Å²) < 4.78 is 9.12. The minimum atomic E-state index is -1.20. The van der Waals surface area contributed by atoms with Crippen molar-refractivity contribution in [1.82, 2.24) is 30.0 Å². The van der Waals surface area contributed by atoms with Gasteiger partial charge in [-0.15, -0.1) is 22.0 Å². The van der Waals surface area contributed by atoms with Gasteiger partial charge in [0.25, 0.3) is 0 Å².